The van der Waals surface area contributed by atoms with Gasteiger partial charge in [-0.1, -0.05) is 19.9 Å². The number of fused-ring (bicyclic) bond motifs is 1. The van der Waals surface area contributed by atoms with Gasteiger partial charge in [0.1, 0.15) is 5.65 Å². The molecule has 0 aliphatic carbocycles. The highest BCUT2D eigenvalue weighted by atomic mass is 16.7. The van der Waals surface area contributed by atoms with Gasteiger partial charge in [-0.05, 0) is 56.7 Å². The molecule has 0 bridgehead atoms. The zero-order valence-corrected chi connectivity index (χ0v) is 17.1. The Morgan fingerprint density at radius 2 is 2.07 bits per heavy atom. The van der Waals surface area contributed by atoms with E-state index in [1.165, 1.54) is 23.3 Å². The molecular weight excluding hydrogens is 340 g/mol. The summed E-state index contributed by atoms with van der Waals surface area (Å²) in [6, 6.07) is 2.22. The van der Waals surface area contributed by atoms with Crippen molar-refractivity contribution >= 4 is 11.2 Å². The summed E-state index contributed by atoms with van der Waals surface area (Å²) >= 11 is 0. The third-order valence-electron chi connectivity index (χ3n) is 5.17. The van der Waals surface area contributed by atoms with Crippen molar-refractivity contribution in [2.45, 2.75) is 66.3 Å². The minimum Gasteiger partial charge on any atom is -0.377 e. The monoisotopic (exact) mass is 372 g/mol. The van der Waals surface area contributed by atoms with Gasteiger partial charge in [0.2, 0.25) is 0 Å². The first-order valence-electron chi connectivity index (χ1n) is 10.2. The third-order valence-corrected chi connectivity index (χ3v) is 5.17. The number of hydrogen-bond acceptors (Lipinski definition) is 4. The summed E-state index contributed by atoms with van der Waals surface area (Å²) in [5.41, 5.74) is 6.93. The van der Waals surface area contributed by atoms with Crippen molar-refractivity contribution in [3.05, 3.63) is 40.9 Å². The maximum absolute atomic E-state index is 6.05. The second-order valence-electron chi connectivity index (χ2n) is 6.89. The third kappa shape index (κ3) is 4.60. The summed E-state index contributed by atoms with van der Waals surface area (Å²) in [6.45, 7) is 11.0. The summed E-state index contributed by atoms with van der Waals surface area (Å²) in [6.07, 6.45) is 8.52. The Morgan fingerprint density at radius 3 is 2.78 bits per heavy atom. The molecule has 0 spiro atoms. The molecule has 0 amide bonds. The quantitative estimate of drug-likeness (QED) is 0.771. The van der Waals surface area contributed by atoms with E-state index >= 15 is 0 Å². The number of pyridine rings is 1. The minimum atomic E-state index is -0.0862. The van der Waals surface area contributed by atoms with E-state index in [4.69, 9.17) is 19.2 Å². The van der Waals surface area contributed by atoms with Gasteiger partial charge in [-0.25, -0.2) is 4.98 Å². The fourth-order valence-electron chi connectivity index (χ4n) is 3.54. The van der Waals surface area contributed by atoms with E-state index in [1.54, 1.807) is 0 Å². The lowest BCUT2D eigenvalue weighted by molar-refractivity contribution is -0.168. The Morgan fingerprint density at radius 1 is 1.22 bits per heavy atom. The first kappa shape index (κ1) is 20.1. The van der Waals surface area contributed by atoms with Crippen molar-refractivity contribution < 1.29 is 14.2 Å². The van der Waals surface area contributed by atoms with Gasteiger partial charge in [-0.2, -0.15) is 0 Å². The van der Waals surface area contributed by atoms with Gasteiger partial charge in [0.15, 0.2) is 6.29 Å². The van der Waals surface area contributed by atoms with Crippen LogP contribution in [0.4, 0.5) is 0 Å². The molecule has 4 heterocycles. The maximum Gasteiger partial charge on any atom is 0.158 e. The summed E-state index contributed by atoms with van der Waals surface area (Å²) in [5, 5.41) is 0. The van der Waals surface area contributed by atoms with Crippen LogP contribution in [0.5, 0.6) is 0 Å². The Balaban J connectivity index is 0.00000102. The van der Waals surface area contributed by atoms with Gasteiger partial charge in [-0.15, -0.1) is 0 Å². The standard InChI is InChI=1S/C20H26N2O3.C2H6/c1-14-15(2)22-12-17(16-6-9-23-10-7-16)11-18(20(22)21-14)13-25-19-5-3-4-8-24-19;1-2/h6,11-12,19H,3-5,7-10,13H2,1-2H3;1-2H3. The molecule has 2 aliphatic heterocycles. The Hall–Kier alpha value is -1.69. The van der Waals surface area contributed by atoms with Crippen molar-refractivity contribution in [2.24, 2.45) is 0 Å². The van der Waals surface area contributed by atoms with E-state index in [1.807, 2.05) is 13.8 Å². The fraction of sp³-hybridized carbons (Fsp3) is 0.591. The van der Waals surface area contributed by atoms with E-state index in [-0.39, 0.29) is 6.29 Å². The number of rotatable bonds is 4. The molecular formula is C22H32N2O3. The van der Waals surface area contributed by atoms with Crippen molar-refractivity contribution in [2.75, 3.05) is 19.8 Å². The molecule has 5 heteroatoms. The molecule has 0 N–H and O–H groups in total. The molecule has 2 aliphatic rings. The van der Waals surface area contributed by atoms with Crippen LogP contribution >= 0.6 is 0 Å². The van der Waals surface area contributed by atoms with Crippen molar-refractivity contribution in [1.29, 1.82) is 0 Å². The minimum absolute atomic E-state index is 0.0862. The van der Waals surface area contributed by atoms with E-state index in [0.717, 1.165) is 49.4 Å². The largest absolute Gasteiger partial charge is 0.377 e. The number of imidazole rings is 1. The molecule has 0 aromatic carbocycles. The predicted octanol–water partition coefficient (Wildman–Crippen LogP) is 4.82. The molecule has 2 aromatic heterocycles. The Labute approximate surface area is 162 Å². The summed E-state index contributed by atoms with van der Waals surface area (Å²) in [4.78, 5) is 4.76. The first-order chi connectivity index (χ1) is 13.2. The van der Waals surface area contributed by atoms with Crippen LogP contribution in [0.3, 0.4) is 0 Å². The first-order valence-corrected chi connectivity index (χ1v) is 10.2. The van der Waals surface area contributed by atoms with Gasteiger partial charge in [-0.3, -0.25) is 0 Å². The second kappa shape index (κ2) is 9.49. The highest BCUT2D eigenvalue weighted by Crippen LogP contribution is 2.27. The lowest BCUT2D eigenvalue weighted by Gasteiger charge is -2.23. The molecule has 4 rings (SSSR count). The summed E-state index contributed by atoms with van der Waals surface area (Å²) in [5.74, 6) is 0. The van der Waals surface area contributed by atoms with E-state index in [0.29, 0.717) is 13.2 Å². The number of aromatic nitrogens is 2. The molecule has 27 heavy (non-hydrogen) atoms. The Kier molecular flexibility index (Phi) is 7.05. The summed E-state index contributed by atoms with van der Waals surface area (Å²) in [7, 11) is 0. The topological polar surface area (TPSA) is 45.0 Å². The van der Waals surface area contributed by atoms with Crippen LogP contribution in [0.25, 0.3) is 11.2 Å². The average molecular weight is 373 g/mol. The smallest absolute Gasteiger partial charge is 0.158 e. The maximum atomic E-state index is 6.05. The van der Waals surface area contributed by atoms with Crippen molar-refractivity contribution in [3.63, 3.8) is 0 Å². The average Bonchev–Trinajstić information content (AvgIpc) is 3.03. The van der Waals surface area contributed by atoms with Crippen LogP contribution in [-0.2, 0) is 20.8 Å². The van der Waals surface area contributed by atoms with Crippen LogP contribution in [0.15, 0.2) is 18.3 Å². The van der Waals surface area contributed by atoms with Gasteiger partial charge in [0, 0.05) is 24.1 Å². The van der Waals surface area contributed by atoms with Crippen LogP contribution < -0.4 is 0 Å². The molecule has 1 fully saturated rings. The van der Waals surface area contributed by atoms with Gasteiger partial charge >= 0.3 is 0 Å². The van der Waals surface area contributed by atoms with Crippen LogP contribution in [0.1, 0.15) is 62.0 Å². The van der Waals surface area contributed by atoms with Crippen molar-refractivity contribution in [3.8, 4) is 0 Å². The highest BCUT2D eigenvalue weighted by molar-refractivity contribution is 5.69. The van der Waals surface area contributed by atoms with Crippen LogP contribution in [-0.4, -0.2) is 35.5 Å². The highest BCUT2D eigenvalue weighted by Gasteiger charge is 2.18. The molecule has 0 saturated carbocycles. The van der Waals surface area contributed by atoms with Gasteiger partial charge in [0.05, 0.1) is 25.5 Å². The predicted molar refractivity (Wildman–Crippen MR) is 108 cm³/mol. The fourth-order valence-corrected chi connectivity index (χ4v) is 3.54. The van der Waals surface area contributed by atoms with Crippen LogP contribution in [0.2, 0.25) is 0 Å². The van der Waals surface area contributed by atoms with Crippen LogP contribution in [0, 0.1) is 13.8 Å². The van der Waals surface area contributed by atoms with Gasteiger partial charge < -0.3 is 18.6 Å². The SMILES string of the molecule is CC.Cc1nc2c(COC3CCCCO3)cc(C3=CCOCC3)cn2c1C. The number of aryl methyl sites for hydroxylation is 2. The number of hydrogen-bond donors (Lipinski definition) is 0. The van der Waals surface area contributed by atoms with Gasteiger partial charge in [0.25, 0.3) is 0 Å². The lowest BCUT2D eigenvalue weighted by Crippen LogP contribution is -2.22. The zero-order chi connectivity index (χ0) is 19.2. The normalized spacial score (nSPS) is 20.1. The summed E-state index contributed by atoms with van der Waals surface area (Å²) < 4.78 is 19.4. The Bertz CT molecular complexity index is 788. The lowest BCUT2D eigenvalue weighted by atomic mass is 10.0. The molecule has 5 nitrogen and oxygen atoms in total. The number of nitrogens with zero attached hydrogens (tertiary/aromatic N) is 2. The molecule has 1 unspecified atom stereocenters. The molecule has 1 atom stereocenters. The second-order valence-corrected chi connectivity index (χ2v) is 6.89. The molecule has 1 saturated heterocycles. The molecule has 0 radical (unpaired) electrons. The van der Waals surface area contributed by atoms with Crippen molar-refractivity contribution in [1.82, 2.24) is 9.38 Å². The zero-order valence-electron chi connectivity index (χ0n) is 17.1. The van der Waals surface area contributed by atoms with E-state index in [2.05, 4.69) is 36.6 Å². The van der Waals surface area contributed by atoms with E-state index in [9.17, 15) is 0 Å². The molecule has 148 valence electrons. The van der Waals surface area contributed by atoms with E-state index < -0.39 is 0 Å². The number of ether oxygens (including phenoxy) is 3. The molecule has 2 aromatic rings.